The van der Waals surface area contributed by atoms with Crippen LogP contribution in [0.2, 0.25) is 0 Å². The van der Waals surface area contributed by atoms with Gasteiger partial charge in [0.25, 0.3) is 0 Å². The monoisotopic (exact) mass is 843 g/mol. The predicted molar refractivity (Wildman–Crippen MR) is 280 cm³/mol. The van der Waals surface area contributed by atoms with Crippen molar-refractivity contribution >= 4 is 66.1 Å². The van der Waals surface area contributed by atoms with Crippen LogP contribution in [0, 0.1) is 12.3 Å². The van der Waals surface area contributed by atoms with Crippen molar-refractivity contribution in [3.8, 4) is 34.8 Å². The van der Waals surface area contributed by atoms with Crippen molar-refractivity contribution < 1.29 is 0 Å². The lowest BCUT2D eigenvalue weighted by Crippen LogP contribution is -2.27. The quantitative estimate of drug-likeness (QED) is 0.119. The van der Waals surface area contributed by atoms with Crippen LogP contribution < -0.4 is 5.32 Å². The predicted octanol–water partition coefficient (Wildman–Crippen LogP) is 16.1. The molecule has 0 amide bonds. The minimum atomic E-state index is -0.673. The Kier molecular flexibility index (Phi) is 9.05. The van der Waals surface area contributed by atoms with Crippen LogP contribution in [-0.4, -0.2) is 9.13 Å². The second-order valence-electron chi connectivity index (χ2n) is 17.3. The highest BCUT2D eigenvalue weighted by molar-refractivity contribution is 6.11. The first-order valence-electron chi connectivity index (χ1n) is 22.6. The molecule has 0 radical (unpaired) electrons. The van der Waals surface area contributed by atoms with E-state index in [-0.39, 0.29) is 0 Å². The molecule has 2 aliphatic rings. The normalized spacial score (nSPS) is 15.3. The Balaban J connectivity index is 1.14. The van der Waals surface area contributed by atoms with E-state index >= 15 is 0 Å². The van der Waals surface area contributed by atoms with Gasteiger partial charge in [-0.15, -0.1) is 6.42 Å². The van der Waals surface area contributed by atoms with Crippen LogP contribution >= 0.6 is 0 Å². The molecule has 0 saturated carbocycles. The Hall–Kier alpha value is -8.58. The average molecular weight is 844 g/mol. The van der Waals surface area contributed by atoms with Gasteiger partial charge >= 0.3 is 0 Å². The number of anilines is 2. The van der Waals surface area contributed by atoms with Gasteiger partial charge in [-0.1, -0.05) is 146 Å². The largest absolute Gasteiger partial charge is 0.355 e. The number of nitrogens with one attached hydrogen (secondary N) is 1. The second kappa shape index (κ2) is 15.3. The molecule has 10 aromatic rings. The van der Waals surface area contributed by atoms with Gasteiger partial charge in [0.05, 0.1) is 27.5 Å². The minimum Gasteiger partial charge on any atom is -0.355 e. The molecule has 0 fully saturated rings. The lowest BCUT2D eigenvalue weighted by molar-refractivity contribution is 0.765. The topological polar surface area (TPSA) is 21.9 Å². The summed E-state index contributed by atoms with van der Waals surface area (Å²) in [4.78, 5) is 0. The van der Waals surface area contributed by atoms with Gasteiger partial charge < -0.3 is 14.5 Å². The molecular weight excluding hydrogens is 799 g/mol. The molecule has 1 unspecified atom stereocenters. The number of aromatic nitrogens is 2. The second-order valence-corrected chi connectivity index (χ2v) is 17.3. The summed E-state index contributed by atoms with van der Waals surface area (Å²) in [7, 11) is 0. The fourth-order valence-electron chi connectivity index (χ4n) is 11.2. The number of hydrogen-bond donors (Lipinski definition) is 1. The third-order valence-corrected chi connectivity index (χ3v) is 14.0. The van der Waals surface area contributed by atoms with Crippen molar-refractivity contribution in [2.75, 3.05) is 5.32 Å². The molecule has 3 nitrogen and oxygen atoms in total. The van der Waals surface area contributed by atoms with Crippen LogP contribution in [0.5, 0.6) is 0 Å². The summed E-state index contributed by atoms with van der Waals surface area (Å²) in [6.07, 6.45) is 18.1. The van der Waals surface area contributed by atoms with Crippen molar-refractivity contribution in [2.24, 2.45) is 0 Å². The Labute approximate surface area is 385 Å². The van der Waals surface area contributed by atoms with E-state index < -0.39 is 5.41 Å². The van der Waals surface area contributed by atoms with Crippen LogP contribution in [-0.2, 0) is 5.41 Å². The first-order chi connectivity index (χ1) is 32.5. The highest BCUT2D eigenvalue weighted by Crippen LogP contribution is 2.63. The lowest BCUT2D eigenvalue weighted by Gasteiger charge is -2.32. The fourth-order valence-corrected chi connectivity index (χ4v) is 11.2. The molecule has 12 rings (SSSR count). The molecule has 2 heterocycles. The van der Waals surface area contributed by atoms with E-state index in [2.05, 4.69) is 222 Å². The maximum absolute atomic E-state index is 6.00. The van der Waals surface area contributed by atoms with E-state index in [1.165, 1.54) is 82.6 Å². The van der Waals surface area contributed by atoms with E-state index in [4.69, 9.17) is 6.42 Å². The number of hydrogen-bond acceptors (Lipinski definition) is 1. The molecule has 66 heavy (non-hydrogen) atoms. The fraction of sp³-hybridized carbons (Fsp3) is 0.0476. The zero-order valence-electron chi connectivity index (χ0n) is 36.9. The van der Waals surface area contributed by atoms with Gasteiger partial charge in [0.1, 0.15) is 0 Å². The van der Waals surface area contributed by atoms with Crippen LogP contribution in [0.3, 0.4) is 0 Å². The van der Waals surface area contributed by atoms with E-state index in [9.17, 15) is 0 Å². The number of nitrogens with zero attached hydrogens (tertiary/aromatic N) is 2. The van der Waals surface area contributed by atoms with Crippen LogP contribution in [0.25, 0.3) is 77.3 Å². The highest BCUT2D eigenvalue weighted by Gasteiger charge is 2.51. The van der Waals surface area contributed by atoms with Gasteiger partial charge in [-0.2, -0.15) is 0 Å². The van der Waals surface area contributed by atoms with Crippen molar-refractivity contribution in [3.05, 3.63) is 252 Å². The number of terminal acetylenes is 1. The smallest absolute Gasteiger partial charge is 0.0688 e. The number of allylic oxidation sites excluding steroid dienone is 9. The molecule has 312 valence electrons. The Morgan fingerprint density at radius 1 is 0.576 bits per heavy atom. The van der Waals surface area contributed by atoms with Gasteiger partial charge in [-0.25, -0.2) is 0 Å². The van der Waals surface area contributed by atoms with Gasteiger partial charge in [0.2, 0.25) is 0 Å². The van der Waals surface area contributed by atoms with Crippen molar-refractivity contribution in [3.63, 3.8) is 0 Å². The molecule has 1 N–H and O–H groups in total. The van der Waals surface area contributed by atoms with Crippen LogP contribution in [0.1, 0.15) is 41.7 Å². The first kappa shape index (κ1) is 39.0. The molecule has 0 aliphatic heterocycles. The molecule has 8 aromatic carbocycles. The molecule has 1 spiro atoms. The summed E-state index contributed by atoms with van der Waals surface area (Å²) in [6.45, 7) is 8.79. The van der Waals surface area contributed by atoms with Crippen LogP contribution in [0.4, 0.5) is 11.4 Å². The lowest BCUT2D eigenvalue weighted by atomic mass is 9.70. The van der Waals surface area contributed by atoms with Crippen molar-refractivity contribution in [2.45, 2.75) is 19.3 Å². The van der Waals surface area contributed by atoms with E-state index in [0.29, 0.717) is 0 Å². The van der Waals surface area contributed by atoms with Gasteiger partial charge in [-0.3, -0.25) is 0 Å². The average Bonchev–Trinajstić information content (AvgIpc) is 4.04. The number of benzene rings is 8. The van der Waals surface area contributed by atoms with Gasteiger partial charge in [-0.05, 0) is 143 Å². The molecule has 0 bridgehead atoms. The number of para-hydroxylation sites is 5. The Bertz CT molecular complexity index is 3740. The summed E-state index contributed by atoms with van der Waals surface area (Å²) < 4.78 is 4.87. The minimum absolute atomic E-state index is 0.673. The number of fused-ring (bicyclic) bond motifs is 13. The van der Waals surface area contributed by atoms with E-state index in [0.717, 1.165) is 39.5 Å². The molecule has 3 heteroatoms. The zero-order valence-corrected chi connectivity index (χ0v) is 36.9. The zero-order chi connectivity index (χ0) is 44.5. The van der Waals surface area contributed by atoms with E-state index in [1.807, 2.05) is 31.2 Å². The molecule has 2 aromatic heterocycles. The van der Waals surface area contributed by atoms with Gasteiger partial charge in [0.15, 0.2) is 0 Å². The van der Waals surface area contributed by atoms with Crippen LogP contribution in [0.15, 0.2) is 225 Å². The maximum atomic E-state index is 6.00. The van der Waals surface area contributed by atoms with Gasteiger partial charge in [0, 0.05) is 49.9 Å². The summed E-state index contributed by atoms with van der Waals surface area (Å²) >= 11 is 0. The van der Waals surface area contributed by atoms with Crippen molar-refractivity contribution in [1.29, 1.82) is 0 Å². The summed E-state index contributed by atoms with van der Waals surface area (Å²) in [5, 5.41) is 8.81. The first-order valence-corrected chi connectivity index (χ1v) is 22.6. The van der Waals surface area contributed by atoms with Crippen molar-refractivity contribution in [1.82, 2.24) is 9.13 Å². The summed E-state index contributed by atoms with van der Waals surface area (Å²) in [5.74, 6) is 2.82. The Morgan fingerprint density at radius 3 is 1.62 bits per heavy atom. The third-order valence-electron chi connectivity index (χ3n) is 14.0. The SMILES string of the molecule is C#C/C=C\C1=C(C)C2(c3cc(-n4c5ccccc5c5ccccc54)ccc31)c1cc(Nc3ccccc3C(=C)/C=C\C=C/C)ccc1-c1ccc(-n3c4ccccc4c4ccccc43)cc12. The number of rotatable bonds is 8. The summed E-state index contributed by atoms with van der Waals surface area (Å²) in [6, 6.07) is 64.5. The highest BCUT2D eigenvalue weighted by atomic mass is 15.0. The molecule has 2 aliphatic carbocycles. The van der Waals surface area contributed by atoms with E-state index in [1.54, 1.807) is 0 Å². The standard InChI is InChI=1S/C63H45N3/c1-5-7-9-20-41(3)46-22-10-15-27-58(46)64-43-32-35-49-50-37-34-45(66-61-30-18-13-25-53(61)54-26-14-19-31-62(54)66)40-57(50)63(55(49)38-43)42(4)47(21-8-6-2)48-36-33-44(39-56(48)63)65-59-28-16-11-23-51(59)52-24-12-17-29-60(52)65/h2,5,7-40,64H,3H2,1,4H3/b7-5-,20-9-,21-8-. The maximum Gasteiger partial charge on any atom is 0.0688 e. The third kappa shape index (κ3) is 5.65. The molecule has 1 atom stereocenters. The summed E-state index contributed by atoms with van der Waals surface area (Å²) in [5.41, 5.74) is 20.0. The Morgan fingerprint density at radius 2 is 1.06 bits per heavy atom. The molecule has 0 saturated heterocycles. The molecular formula is C63H45N3.